The summed E-state index contributed by atoms with van der Waals surface area (Å²) in [6.45, 7) is 4.15. The van der Waals surface area contributed by atoms with Gasteiger partial charge in [0.2, 0.25) is 15.9 Å². The summed E-state index contributed by atoms with van der Waals surface area (Å²) in [5.74, 6) is 0.328. The minimum Gasteiger partial charge on any atom is -0.354 e. The molecule has 0 bridgehead atoms. The molecule has 1 aliphatic rings. The Hall–Kier alpha value is -0.660. The van der Waals surface area contributed by atoms with Crippen molar-refractivity contribution in [1.29, 1.82) is 0 Å². The maximum absolute atomic E-state index is 11.7. The van der Waals surface area contributed by atoms with Gasteiger partial charge < -0.3 is 10.6 Å². The number of nitrogens with one attached hydrogen (secondary N) is 3. The Morgan fingerprint density at radius 3 is 2.56 bits per heavy atom. The average Bonchev–Trinajstić information content (AvgIpc) is 2.57. The van der Waals surface area contributed by atoms with Crippen molar-refractivity contribution in [2.24, 2.45) is 11.8 Å². The van der Waals surface area contributed by atoms with Crippen molar-refractivity contribution in [3.8, 4) is 0 Å². The van der Waals surface area contributed by atoms with E-state index in [9.17, 15) is 13.2 Å². The van der Waals surface area contributed by atoms with Gasteiger partial charge in [-0.3, -0.25) is 4.79 Å². The quantitative estimate of drug-likeness (QED) is 0.518. The lowest BCUT2D eigenvalue weighted by atomic mass is 9.97. The lowest BCUT2D eigenvalue weighted by molar-refractivity contribution is -0.125. The maximum Gasteiger partial charge on any atom is 0.224 e. The van der Waals surface area contributed by atoms with Gasteiger partial charge in [-0.1, -0.05) is 6.92 Å². The minimum atomic E-state index is -3.17. The van der Waals surface area contributed by atoms with Crippen LogP contribution in [0.3, 0.4) is 0 Å². The summed E-state index contributed by atoms with van der Waals surface area (Å²) in [5, 5.41) is 5.87. The third kappa shape index (κ3) is 4.46. The highest BCUT2D eigenvalue weighted by Crippen LogP contribution is 2.15. The van der Waals surface area contributed by atoms with Crippen LogP contribution in [-0.2, 0) is 14.8 Å². The molecule has 7 heteroatoms. The molecule has 1 amide bonds. The van der Waals surface area contributed by atoms with Crippen LogP contribution < -0.4 is 15.4 Å². The van der Waals surface area contributed by atoms with Crippen molar-refractivity contribution in [3.05, 3.63) is 0 Å². The SMILES string of the molecule is CC1CNCC1C(=O)NCCNS(C)(=O)=O. The molecule has 0 aromatic carbocycles. The lowest BCUT2D eigenvalue weighted by Crippen LogP contribution is -2.39. The Kier molecular flexibility index (Phi) is 4.69. The van der Waals surface area contributed by atoms with Gasteiger partial charge in [0.25, 0.3) is 0 Å². The third-order valence-electron chi connectivity index (χ3n) is 2.64. The van der Waals surface area contributed by atoms with Crippen molar-refractivity contribution in [1.82, 2.24) is 15.4 Å². The standard InChI is InChI=1S/C9H19N3O3S/c1-7-5-10-6-8(7)9(13)11-3-4-12-16(2,14)15/h7-8,10,12H,3-6H2,1-2H3,(H,11,13). The van der Waals surface area contributed by atoms with E-state index >= 15 is 0 Å². The van der Waals surface area contributed by atoms with Gasteiger partial charge in [-0.05, 0) is 12.5 Å². The van der Waals surface area contributed by atoms with Crippen molar-refractivity contribution < 1.29 is 13.2 Å². The summed E-state index contributed by atoms with van der Waals surface area (Å²) in [7, 11) is -3.17. The van der Waals surface area contributed by atoms with Crippen LogP contribution in [0, 0.1) is 11.8 Å². The first-order valence-electron chi connectivity index (χ1n) is 5.33. The molecule has 3 N–H and O–H groups in total. The molecule has 0 saturated carbocycles. The number of carbonyl (C=O) groups is 1. The van der Waals surface area contributed by atoms with E-state index in [-0.39, 0.29) is 18.4 Å². The predicted molar refractivity (Wildman–Crippen MR) is 61.4 cm³/mol. The van der Waals surface area contributed by atoms with E-state index in [0.717, 1.165) is 12.8 Å². The molecular weight excluding hydrogens is 230 g/mol. The maximum atomic E-state index is 11.7. The van der Waals surface area contributed by atoms with Crippen molar-refractivity contribution in [2.45, 2.75) is 6.92 Å². The smallest absolute Gasteiger partial charge is 0.224 e. The van der Waals surface area contributed by atoms with Crippen LogP contribution in [0.5, 0.6) is 0 Å². The summed E-state index contributed by atoms with van der Waals surface area (Å²) < 4.78 is 23.8. The number of hydrogen-bond donors (Lipinski definition) is 3. The summed E-state index contributed by atoms with van der Waals surface area (Å²) in [5.41, 5.74) is 0. The monoisotopic (exact) mass is 249 g/mol. The normalized spacial score (nSPS) is 25.6. The molecular formula is C9H19N3O3S. The van der Waals surface area contributed by atoms with Crippen LogP contribution in [0.1, 0.15) is 6.92 Å². The molecule has 0 aromatic rings. The molecule has 1 rings (SSSR count). The topological polar surface area (TPSA) is 87.3 Å². The van der Waals surface area contributed by atoms with E-state index in [1.165, 1.54) is 0 Å². The van der Waals surface area contributed by atoms with Gasteiger partial charge >= 0.3 is 0 Å². The van der Waals surface area contributed by atoms with Gasteiger partial charge in [-0.25, -0.2) is 13.1 Å². The highest BCUT2D eigenvalue weighted by atomic mass is 32.2. The molecule has 1 heterocycles. The van der Waals surface area contributed by atoms with Gasteiger partial charge in [-0.15, -0.1) is 0 Å². The van der Waals surface area contributed by atoms with Gasteiger partial charge in [0.1, 0.15) is 0 Å². The van der Waals surface area contributed by atoms with Crippen molar-refractivity contribution >= 4 is 15.9 Å². The second-order valence-electron chi connectivity index (χ2n) is 4.20. The zero-order valence-electron chi connectivity index (χ0n) is 9.62. The summed E-state index contributed by atoms with van der Waals surface area (Å²) in [6.07, 6.45) is 1.10. The summed E-state index contributed by atoms with van der Waals surface area (Å²) in [6, 6.07) is 0. The van der Waals surface area contributed by atoms with E-state index < -0.39 is 10.0 Å². The number of rotatable bonds is 5. The van der Waals surface area contributed by atoms with Gasteiger partial charge in [0.15, 0.2) is 0 Å². The largest absolute Gasteiger partial charge is 0.354 e. The molecule has 0 aromatic heterocycles. The Morgan fingerprint density at radius 1 is 1.38 bits per heavy atom. The Bertz CT molecular complexity index is 342. The Labute approximate surface area is 96.2 Å². The second kappa shape index (κ2) is 5.60. The van der Waals surface area contributed by atoms with Gasteiger partial charge in [0.05, 0.1) is 12.2 Å². The number of amides is 1. The highest BCUT2D eigenvalue weighted by Gasteiger charge is 2.28. The van der Waals surface area contributed by atoms with Crippen LogP contribution >= 0.6 is 0 Å². The van der Waals surface area contributed by atoms with Crippen LogP contribution in [0.4, 0.5) is 0 Å². The van der Waals surface area contributed by atoms with Gasteiger partial charge in [-0.2, -0.15) is 0 Å². The van der Waals surface area contributed by atoms with Gasteiger partial charge in [0, 0.05) is 19.6 Å². The van der Waals surface area contributed by atoms with E-state index in [1.807, 2.05) is 6.92 Å². The molecule has 0 aliphatic carbocycles. The fourth-order valence-corrected chi connectivity index (χ4v) is 2.19. The molecule has 0 radical (unpaired) electrons. The molecule has 1 saturated heterocycles. The molecule has 0 spiro atoms. The number of hydrogen-bond acceptors (Lipinski definition) is 4. The first kappa shape index (κ1) is 13.4. The third-order valence-corrected chi connectivity index (χ3v) is 3.37. The predicted octanol–water partition coefficient (Wildman–Crippen LogP) is -1.49. The van der Waals surface area contributed by atoms with Crippen LogP contribution in [-0.4, -0.2) is 46.8 Å². The number of carbonyl (C=O) groups excluding carboxylic acids is 1. The van der Waals surface area contributed by atoms with Crippen molar-refractivity contribution in [2.75, 3.05) is 32.4 Å². The highest BCUT2D eigenvalue weighted by molar-refractivity contribution is 7.88. The second-order valence-corrected chi connectivity index (χ2v) is 6.03. The van der Waals surface area contributed by atoms with E-state index in [4.69, 9.17) is 0 Å². The lowest BCUT2D eigenvalue weighted by Gasteiger charge is -2.14. The zero-order valence-corrected chi connectivity index (χ0v) is 10.4. The first-order chi connectivity index (χ1) is 7.40. The fourth-order valence-electron chi connectivity index (χ4n) is 1.71. The van der Waals surface area contributed by atoms with Crippen LogP contribution in [0.25, 0.3) is 0 Å². The molecule has 1 fully saturated rings. The summed E-state index contributed by atoms with van der Waals surface area (Å²) in [4.78, 5) is 11.7. The van der Waals surface area contributed by atoms with E-state index in [1.54, 1.807) is 0 Å². The van der Waals surface area contributed by atoms with Crippen LogP contribution in [0.2, 0.25) is 0 Å². The summed E-state index contributed by atoms with van der Waals surface area (Å²) >= 11 is 0. The average molecular weight is 249 g/mol. The molecule has 2 atom stereocenters. The Balaban J connectivity index is 2.20. The fraction of sp³-hybridized carbons (Fsp3) is 0.889. The molecule has 16 heavy (non-hydrogen) atoms. The van der Waals surface area contributed by atoms with E-state index in [0.29, 0.717) is 19.0 Å². The van der Waals surface area contributed by atoms with E-state index in [2.05, 4.69) is 15.4 Å². The molecule has 94 valence electrons. The van der Waals surface area contributed by atoms with Crippen LogP contribution in [0.15, 0.2) is 0 Å². The minimum absolute atomic E-state index is 0.00164. The van der Waals surface area contributed by atoms with Crippen molar-refractivity contribution in [3.63, 3.8) is 0 Å². The Morgan fingerprint density at radius 2 is 2.06 bits per heavy atom. The first-order valence-corrected chi connectivity index (χ1v) is 7.22. The molecule has 2 unspecified atom stereocenters. The zero-order chi connectivity index (χ0) is 12.2. The number of sulfonamides is 1. The molecule has 1 aliphatic heterocycles. The molecule has 6 nitrogen and oxygen atoms in total.